The summed E-state index contributed by atoms with van der Waals surface area (Å²) in [5.41, 5.74) is 0.400. The SMILES string of the molecule is COc1cc(OC)nc(SC(CO)C(C)(C)c2ccc([N+](=O)[O-])cc2)n1. The van der Waals surface area contributed by atoms with Crippen LogP contribution in [-0.4, -0.2) is 46.1 Å². The smallest absolute Gasteiger partial charge is 0.269 e. The zero-order valence-corrected chi connectivity index (χ0v) is 15.8. The van der Waals surface area contributed by atoms with Gasteiger partial charge < -0.3 is 14.6 Å². The number of benzene rings is 1. The Labute approximate surface area is 155 Å². The molecule has 0 fully saturated rings. The van der Waals surface area contributed by atoms with E-state index in [2.05, 4.69) is 9.97 Å². The van der Waals surface area contributed by atoms with Gasteiger partial charge in [-0.3, -0.25) is 10.1 Å². The van der Waals surface area contributed by atoms with E-state index in [-0.39, 0.29) is 17.5 Å². The number of ether oxygens (including phenoxy) is 2. The van der Waals surface area contributed by atoms with Crippen LogP contribution in [0.1, 0.15) is 19.4 Å². The summed E-state index contributed by atoms with van der Waals surface area (Å²) in [4.78, 5) is 19.0. The number of aliphatic hydroxyl groups excluding tert-OH is 1. The lowest BCUT2D eigenvalue weighted by atomic mass is 9.81. The molecule has 1 unspecified atom stereocenters. The van der Waals surface area contributed by atoms with Crippen molar-refractivity contribution >= 4 is 17.4 Å². The molecule has 1 atom stereocenters. The van der Waals surface area contributed by atoms with Gasteiger partial charge >= 0.3 is 0 Å². The highest BCUT2D eigenvalue weighted by Crippen LogP contribution is 2.38. The van der Waals surface area contributed by atoms with E-state index in [4.69, 9.17) is 9.47 Å². The van der Waals surface area contributed by atoms with Crippen molar-refractivity contribution in [1.29, 1.82) is 0 Å². The highest BCUT2D eigenvalue weighted by Gasteiger charge is 2.33. The summed E-state index contributed by atoms with van der Waals surface area (Å²) < 4.78 is 10.3. The van der Waals surface area contributed by atoms with Gasteiger partial charge in [-0.1, -0.05) is 37.7 Å². The molecule has 8 nitrogen and oxygen atoms in total. The Morgan fingerprint density at radius 3 is 2.15 bits per heavy atom. The number of aromatic nitrogens is 2. The van der Waals surface area contributed by atoms with Gasteiger partial charge in [0.25, 0.3) is 5.69 Å². The Balaban J connectivity index is 2.30. The van der Waals surface area contributed by atoms with E-state index in [0.29, 0.717) is 16.9 Å². The molecule has 0 aliphatic heterocycles. The average Bonchev–Trinajstić information content (AvgIpc) is 2.65. The van der Waals surface area contributed by atoms with Gasteiger partial charge in [-0.25, -0.2) is 0 Å². The molecular weight excluding hydrogens is 358 g/mol. The van der Waals surface area contributed by atoms with Crippen LogP contribution in [0.2, 0.25) is 0 Å². The summed E-state index contributed by atoms with van der Waals surface area (Å²) in [5, 5.41) is 20.9. The Kier molecular flexibility index (Phi) is 6.38. The fraction of sp³-hybridized carbons (Fsp3) is 0.412. The number of hydrogen-bond acceptors (Lipinski definition) is 8. The van der Waals surface area contributed by atoms with Crippen molar-refractivity contribution in [3.8, 4) is 11.8 Å². The van der Waals surface area contributed by atoms with Gasteiger partial charge in [0, 0.05) is 22.8 Å². The predicted octanol–water partition coefficient (Wildman–Crippen LogP) is 2.83. The maximum absolute atomic E-state index is 10.8. The van der Waals surface area contributed by atoms with Crippen molar-refractivity contribution in [3.63, 3.8) is 0 Å². The summed E-state index contributed by atoms with van der Waals surface area (Å²) in [6, 6.07) is 7.89. The van der Waals surface area contributed by atoms with E-state index in [1.807, 2.05) is 13.8 Å². The Morgan fingerprint density at radius 2 is 1.73 bits per heavy atom. The normalized spacial score (nSPS) is 12.5. The van der Waals surface area contributed by atoms with E-state index < -0.39 is 10.3 Å². The second-order valence-electron chi connectivity index (χ2n) is 6.05. The fourth-order valence-corrected chi connectivity index (χ4v) is 3.43. The van der Waals surface area contributed by atoms with Crippen molar-refractivity contribution in [2.45, 2.75) is 29.7 Å². The molecule has 0 saturated heterocycles. The molecule has 2 rings (SSSR count). The monoisotopic (exact) mass is 379 g/mol. The van der Waals surface area contributed by atoms with Crippen LogP contribution in [0.15, 0.2) is 35.5 Å². The number of nitro benzene ring substituents is 1. The summed E-state index contributed by atoms with van der Waals surface area (Å²) in [6.07, 6.45) is 0. The molecular formula is C17H21N3O5S. The van der Waals surface area contributed by atoms with Crippen LogP contribution in [0.25, 0.3) is 0 Å². The lowest BCUT2D eigenvalue weighted by Crippen LogP contribution is -2.34. The van der Waals surface area contributed by atoms with E-state index in [0.717, 1.165) is 5.56 Å². The van der Waals surface area contributed by atoms with Gasteiger partial charge in [-0.05, 0) is 5.56 Å². The van der Waals surface area contributed by atoms with Crippen LogP contribution in [-0.2, 0) is 5.41 Å². The Hall–Kier alpha value is -2.39. The summed E-state index contributed by atoms with van der Waals surface area (Å²) >= 11 is 1.29. The largest absolute Gasteiger partial charge is 0.481 e. The highest BCUT2D eigenvalue weighted by atomic mass is 32.2. The first-order valence-corrected chi connectivity index (χ1v) is 8.69. The van der Waals surface area contributed by atoms with Gasteiger partial charge in [0.15, 0.2) is 5.16 Å². The summed E-state index contributed by atoms with van der Waals surface area (Å²) in [5.74, 6) is 0.730. The lowest BCUT2D eigenvalue weighted by Gasteiger charge is -2.32. The minimum absolute atomic E-state index is 0.0265. The van der Waals surface area contributed by atoms with Crippen LogP contribution < -0.4 is 9.47 Å². The third-order valence-corrected chi connectivity index (χ3v) is 5.53. The van der Waals surface area contributed by atoms with E-state index in [1.54, 1.807) is 18.2 Å². The second kappa shape index (κ2) is 8.33. The van der Waals surface area contributed by atoms with Crippen LogP contribution in [0.4, 0.5) is 5.69 Å². The minimum atomic E-state index is -0.492. The molecule has 0 saturated carbocycles. The zero-order valence-electron chi connectivity index (χ0n) is 15.0. The molecule has 1 aromatic heterocycles. The van der Waals surface area contributed by atoms with Crippen molar-refractivity contribution in [3.05, 3.63) is 46.0 Å². The van der Waals surface area contributed by atoms with Crippen molar-refractivity contribution in [1.82, 2.24) is 9.97 Å². The maximum atomic E-state index is 10.8. The topological polar surface area (TPSA) is 108 Å². The van der Waals surface area contributed by atoms with Crippen molar-refractivity contribution in [2.24, 2.45) is 0 Å². The molecule has 26 heavy (non-hydrogen) atoms. The molecule has 1 N–H and O–H groups in total. The molecule has 0 amide bonds. The third-order valence-electron chi connectivity index (χ3n) is 4.12. The average molecular weight is 379 g/mol. The summed E-state index contributed by atoms with van der Waals surface area (Å²) in [7, 11) is 3.00. The number of hydrogen-bond donors (Lipinski definition) is 1. The predicted molar refractivity (Wildman–Crippen MR) is 98.0 cm³/mol. The van der Waals surface area contributed by atoms with E-state index in [1.165, 1.54) is 38.1 Å². The first kappa shape index (κ1) is 19.9. The van der Waals surface area contributed by atoms with Gasteiger partial charge in [0.05, 0.1) is 31.8 Å². The van der Waals surface area contributed by atoms with Gasteiger partial charge in [-0.15, -0.1) is 0 Å². The number of non-ortho nitro benzene ring substituents is 1. The molecule has 0 aliphatic rings. The fourth-order valence-electron chi connectivity index (χ4n) is 2.38. The standard InChI is InChI=1S/C17H21N3O5S/c1-17(2,11-5-7-12(8-6-11)20(22)23)13(10-21)26-16-18-14(24-3)9-15(19-16)25-4/h5-9,13,21H,10H2,1-4H3. The molecule has 0 radical (unpaired) electrons. The molecule has 1 heterocycles. The van der Waals surface area contributed by atoms with Crippen LogP contribution in [0.3, 0.4) is 0 Å². The Bertz CT molecular complexity index is 745. The van der Waals surface area contributed by atoms with E-state index in [9.17, 15) is 15.2 Å². The number of nitrogens with zero attached hydrogens (tertiary/aromatic N) is 3. The number of rotatable bonds is 8. The quantitative estimate of drug-likeness (QED) is 0.323. The van der Waals surface area contributed by atoms with Crippen molar-refractivity contribution in [2.75, 3.05) is 20.8 Å². The summed E-state index contributed by atoms with van der Waals surface area (Å²) in [6.45, 7) is 3.79. The van der Waals surface area contributed by atoms with Crippen LogP contribution >= 0.6 is 11.8 Å². The highest BCUT2D eigenvalue weighted by molar-refractivity contribution is 7.99. The van der Waals surface area contributed by atoms with Crippen LogP contribution in [0.5, 0.6) is 11.8 Å². The molecule has 140 valence electrons. The second-order valence-corrected chi connectivity index (χ2v) is 7.22. The maximum Gasteiger partial charge on any atom is 0.269 e. The number of aliphatic hydroxyl groups is 1. The molecule has 1 aromatic carbocycles. The molecule has 0 aliphatic carbocycles. The lowest BCUT2D eigenvalue weighted by molar-refractivity contribution is -0.384. The first-order valence-electron chi connectivity index (χ1n) is 7.81. The third kappa shape index (κ3) is 4.41. The van der Waals surface area contributed by atoms with Gasteiger partial charge in [-0.2, -0.15) is 9.97 Å². The van der Waals surface area contributed by atoms with E-state index >= 15 is 0 Å². The zero-order chi connectivity index (χ0) is 19.3. The van der Waals surface area contributed by atoms with Gasteiger partial charge in [0.1, 0.15) is 0 Å². The van der Waals surface area contributed by atoms with Gasteiger partial charge in [0.2, 0.25) is 11.8 Å². The van der Waals surface area contributed by atoms with Crippen molar-refractivity contribution < 1.29 is 19.5 Å². The molecule has 0 bridgehead atoms. The first-order chi connectivity index (χ1) is 12.3. The molecule has 2 aromatic rings. The van der Waals surface area contributed by atoms with Crippen LogP contribution in [0, 0.1) is 10.1 Å². The molecule has 0 spiro atoms. The minimum Gasteiger partial charge on any atom is -0.481 e. The number of thioether (sulfide) groups is 1. The number of nitro groups is 1. The number of methoxy groups -OCH3 is 2. The Morgan fingerprint density at radius 1 is 1.19 bits per heavy atom. The molecule has 9 heteroatoms.